The number of hydrogen-bond donors (Lipinski definition) is 1. The molecule has 1 aromatic carbocycles. The molecule has 1 aromatic heterocycles. The molecule has 0 aliphatic carbocycles. The third kappa shape index (κ3) is 4.30. The van der Waals surface area contributed by atoms with Crippen LogP contribution in [0.5, 0.6) is 0 Å². The largest absolute Gasteiger partial charge is 0.481 e. The Morgan fingerprint density at radius 1 is 1.48 bits per heavy atom. The highest BCUT2D eigenvalue weighted by Crippen LogP contribution is 2.27. The molecule has 0 saturated heterocycles. The molecule has 120 valence electrons. The van der Waals surface area contributed by atoms with Gasteiger partial charge in [-0.05, 0) is 31.5 Å². The number of hydrogen-bond acceptors (Lipinski definition) is 5. The average Bonchev–Trinajstić information content (AvgIpc) is 2.86. The number of aryl methyl sites for hydroxylation is 2. The molecule has 23 heavy (non-hydrogen) atoms. The highest BCUT2D eigenvalue weighted by Gasteiger charge is 2.20. The first-order valence-electron chi connectivity index (χ1n) is 7.31. The van der Waals surface area contributed by atoms with Crippen LogP contribution in [-0.2, 0) is 11.3 Å². The summed E-state index contributed by atoms with van der Waals surface area (Å²) in [6, 6.07) is 9.48. The molecular formula is C17H19N3O2S. The summed E-state index contributed by atoms with van der Waals surface area (Å²) in [5, 5.41) is 19.0. The minimum absolute atomic E-state index is 0.374. The Hall–Kier alpha value is -2.39. The van der Waals surface area contributed by atoms with Gasteiger partial charge in [0.1, 0.15) is 0 Å². The van der Waals surface area contributed by atoms with E-state index in [1.54, 1.807) is 24.3 Å². The molecule has 0 saturated carbocycles. The summed E-state index contributed by atoms with van der Waals surface area (Å²) in [6.45, 7) is 6.54. The molecule has 0 radical (unpaired) electrons. The van der Waals surface area contributed by atoms with E-state index in [0.29, 0.717) is 18.7 Å². The molecule has 1 unspecified atom stereocenters. The smallest absolute Gasteiger partial charge is 0.308 e. The SMILES string of the molecule is Cc1nc(N(Cc2cccc(C#N)c2)CC(C)C(=O)O)sc1C. The Labute approximate surface area is 139 Å². The van der Waals surface area contributed by atoms with Gasteiger partial charge in [-0.1, -0.05) is 19.1 Å². The summed E-state index contributed by atoms with van der Waals surface area (Å²) >= 11 is 1.56. The lowest BCUT2D eigenvalue weighted by molar-refractivity contribution is -0.140. The Kier molecular flexibility index (Phi) is 5.35. The summed E-state index contributed by atoms with van der Waals surface area (Å²) in [4.78, 5) is 18.8. The second kappa shape index (κ2) is 7.25. The molecule has 2 aromatic rings. The number of nitriles is 1. The number of carboxylic acid groups (broad SMARTS) is 1. The first-order chi connectivity index (χ1) is 10.9. The van der Waals surface area contributed by atoms with Gasteiger partial charge in [-0.25, -0.2) is 4.98 Å². The Bertz CT molecular complexity index is 729. The minimum Gasteiger partial charge on any atom is -0.481 e. The predicted octanol–water partition coefficient (Wildman–Crippen LogP) is 3.36. The van der Waals surface area contributed by atoms with E-state index >= 15 is 0 Å². The molecule has 0 spiro atoms. The van der Waals surface area contributed by atoms with Crippen molar-refractivity contribution in [2.45, 2.75) is 27.3 Å². The van der Waals surface area contributed by atoms with E-state index in [-0.39, 0.29) is 0 Å². The molecule has 0 aliphatic rings. The van der Waals surface area contributed by atoms with Gasteiger partial charge in [-0.3, -0.25) is 4.79 Å². The van der Waals surface area contributed by atoms with Gasteiger partial charge in [0.2, 0.25) is 0 Å². The lowest BCUT2D eigenvalue weighted by Gasteiger charge is -2.24. The first-order valence-corrected chi connectivity index (χ1v) is 8.13. The molecule has 2 rings (SSSR count). The number of aliphatic carboxylic acids is 1. The maximum absolute atomic E-state index is 11.2. The molecule has 6 heteroatoms. The molecule has 0 amide bonds. The van der Waals surface area contributed by atoms with E-state index in [0.717, 1.165) is 21.3 Å². The molecule has 0 bridgehead atoms. The van der Waals surface area contributed by atoms with Gasteiger partial charge in [-0.2, -0.15) is 5.26 Å². The zero-order valence-electron chi connectivity index (χ0n) is 13.4. The van der Waals surface area contributed by atoms with Crippen LogP contribution in [0.4, 0.5) is 5.13 Å². The maximum atomic E-state index is 11.2. The maximum Gasteiger partial charge on any atom is 0.308 e. The number of thiazole rings is 1. The quantitative estimate of drug-likeness (QED) is 0.879. The molecule has 1 heterocycles. The molecule has 0 aliphatic heterocycles. The van der Waals surface area contributed by atoms with E-state index in [1.807, 2.05) is 36.9 Å². The summed E-state index contributed by atoms with van der Waals surface area (Å²) in [6.07, 6.45) is 0. The van der Waals surface area contributed by atoms with Gasteiger partial charge in [0.15, 0.2) is 5.13 Å². The monoisotopic (exact) mass is 329 g/mol. The molecule has 0 fully saturated rings. The van der Waals surface area contributed by atoms with E-state index in [2.05, 4.69) is 11.1 Å². The third-order valence-electron chi connectivity index (χ3n) is 3.63. The number of nitrogens with zero attached hydrogens (tertiary/aromatic N) is 3. The van der Waals surface area contributed by atoms with E-state index in [9.17, 15) is 9.90 Å². The van der Waals surface area contributed by atoms with Gasteiger partial charge >= 0.3 is 5.97 Å². The van der Waals surface area contributed by atoms with Gasteiger partial charge in [-0.15, -0.1) is 11.3 Å². The van der Waals surface area contributed by atoms with Crippen molar-refractivity contribution in [1.29, 1.82) is 5.26 Å². The lowest BCUT2D eigenvalue weighted by atomic mass is 10.1. The number of benzene rings is 1. The zero-order chi connectivity index (χ0) is 17.0. The van der Waals surface area contributed by atoms with Crippen molar-refractivity contribution in [3.05, 3.63) is 46.0 Å². The highest BCUT2D eigenvalue weighted by molar-refractivity contribution is 7.15. The number of rotatable bonds is 6. The van der Waals surface area contributed by atoms with Gasteiger partial charge in [0, 0.05) is 18.0 Å². The molecule has 5 nitrogen and oxygen atoms in total. The van der Waals surface area contributed by atoms with Gasteiger partial charge < -0.3 is 10.0 Å². The van der Waals surface area contributed by atoms with Crippen molar-refractivity contribution in [1.82, 2.24) is 4.98 Å². The van der Waals surface area contributed by atoms with Crippen LogP contribution in [0.15, 0.2) is 24.3 Å². The van der Waals surface area contributed by atoms with Crippen LogP contribution in [-0.4, -0.2) is 22.6 Å². The van der Waals surface area contributed by atoms with E-state index < -0.39 is 11.9 Å². The van der Waals surface area contributed by atoms with Crippen LogP contribution in [0.25, 0.3) is 0 Å². The van der Waals surface area contributed by atoms with Crippen molar-refractivity contribution in [3.8, 4) is 6.07 Å². The van der Waals surface area contributed by atoms with Crippen LogP contribution >= 0.6 is 11.3 Å². The topological polar surface area (TPSA) is 77.2 Å². The van der Waals surface area contributed by atoms with Crippen molar-refractivity contribution >= 4 is 22.4 Å². The Balaban J connectivity index is 2.29. The molecule has 1 atom stereocenters. The van der Waals surface area contributed by atoms with Crippen LogP contribution in [0.1, 0.15) is 28.6 Å². The fraction of sp³-hybridized carbons (Fsp3) is 0.353. The zero-order valence-corrected chi connectivity index (χ0v) is 14.2. The summed E-state index contributed by atoms with van der Waals surface area (Å²) in [5.41, 5.74) is 2.52. The number of aromatic nitrogens is 1. The second-order valence-electron chi connectivity index (χ2n) is 5.57. The van der Waals surface area contributed by atoms with Crippen molar-refractivity contribution < 1.29 is 9.90 Å². The van der Waals surface area contributed by atoms with E-state index in [1.165, 1.54) is 0 Å². The normalized spacial score (nSPS) is 11.7. The van der Waals surface area contributed by atoms with Crippen molar-refractivity contribution in [2.75, 3.05) is 11.4 Å². The minimum atomic E-state index is -0.828. The summed E-state index contributed by atoms with van der Waals surface area (Å²) in [7, 11) is 0. The molecule has 1 N–H and O–H groups in total. The average molecular weight is 329 g/mol. The Morgan fingerprint density at radius 3 is 2.78 bits per heavy atom. The summed E-state index contributed by atoms with van der Waals surface area (Å²) < 4.78 is 0. The third-order valence-corrected chi connectivity index (χ3v) is 4.77. The Morgan fingerprint density at radius 2 is 2.22 bits per heavy atom. The standard InChI is InChI=1S/C17H19N3O2S/c1-11(16(21)22)9-20(17-19-12(2)13(3)23-17)10-15-6-4-5-14(7-15)8-18/h4-7,11H,9-10H2,1-3H3,(H,21,22). The predicted molar refractivity (Wildman–Crippen MR) is 90.6 cm³/mol. The fourth-order valence-electron chi connectivity index (χ4n) is 2.17. The second-order valence-corrected chi connectivity index (χ2v) is 6.75. The van der Waals surface area contributed by atoms with Gasteiger partial charge in [0.05, 0.1) is 23.2 Å². The van der Waals surface area contributed by atoms with Crippen molar-refractivity contribution in [2.24, 2.45) is 5.92 Å². The van der Waals surface area contributed by atoms with Crippen LogP contribution in [0.2, 0.25) is 0 Å². The van der Waals surface area contributed by atoms with Crippen molar-refractivity contribution in [3.63, 3.8) is 0 Å². The highest BCUT2D eigenvalue weighted by atomic mass is 32.1. The number of carboxylic acids is 1. The van der Waals surface area contributed by atoms with E-state index in [4.69, 9.17) is 5.26 Å². The lowest BCUT2D eigenvalue weighted by Crippen LogP contribution is -2.31. The number of carbonyl (C=O) groups is 1. The van der Waals surface area contributed by atoms with Gasteiger partial charge in [0.25, 0.3) is 0 Å². The number of anilines is 1. The van der Waals surface area contributed by atoms with Crippen LogP contribution < -0.4 is 4.90 Å². The van der Waals surface area contributed by atoms with Crippen LogP contribution in [0, 0.1) is 31.1 Å². The fourth-order valence-corrected chi connectivity index (χ4v) is 3.09. The molecular weight excluding hydrogens is 310 g/mol. The first kappa shape index (κ1) is 17.0. The van der Waals surface area contributed by atoms with Crippen LogP contribution in [0.3, 0.4) is 0 Å². The summed E-state index contributed by atoms with van der Waals surface area (Å²) in [5.74, 6) is -1.33.